The number of para-hydroxylation sites is 1. The first-order chi connectivity index (χ1) is 9.06. The van der Waals surface area contributed by atoms with Gasteiger partial charge in [-0.3, -0.25) is 5.41 Å². The van der Waals surface area contributed by atoms with E-state index in [2.05, 4.69) is 0 Å². The average molecular weight is 257 g/mol. The quantitative estimate of drug-likeness (QED) is 0.653. The minimum absolute atomic E-state index is 0.122. The zero-order valence-electron chi connectivity index (χ0n) is 10.7. The SMILES string of the molecule is CN(Cc1cc(F)cc(C(=N)N)c1)c1ccccc1. The first-order valence-corrected chi connectivity index (χ1v) is 5.96. The second-order valence-corrected chi connectivity index (χ2v) is 4.45. The number of hydrogen-bond donors (Lipinski definition) is 2. The zero-order chi connectivity index (χ0) is 13.8. The van der Waals surface area contributed by atoms with E-state index in [1.807, 2.05) is 42.3 Å². The minimum Gasteiger partial charge on any atom is -0.384 e. The van der Waals surface area contributed by atoms with Gasteiger partial charge in [-0.2, -0.15) is 0 Å². The lowest BCUT2D eigenvalue weighted by Gasteiger charge is -2.19. The molecule has 19 heavy (non-hydrogen) atoms. The van der Waals surface area contributed by atoms with Crippen molar-refractivity contribution in [2.75, 3.05) is 11.9 Å². The van der Waals surface area contributed by atoms with Crippen LogP contribution in [-0.2, 0) is 6.54 Å². The Bertz CT molecular complexity index is 581. The molecule has 0 saturated carbocycles. The molecule has 0 aliphatic carbocycles. The van der Waals surface area contributed by atoms with Gasteiger partial charge in [-0.05, 0) is 35.9 Å². The van der Waals surface area contributed by atoms with E-state index in [9.17, 15) is 4.39 Å². The molecule has 2 aromatic rings. The number of halogens is 1. The first-order valence-electron chi connectivity index (χ1n) is 5.96. The molecule has 2 aromatic carbocycles. The molecule has 0 aromatic heterocycles. The first kappa shape index (κ1) is 13.1. The van der Waals surface area contributed by atoms with E-state index in [1.54, 1.807) is 6.07 Å². The van der Waals surface area contributed by atoms with E-state index in [-0.39, 0.29) is 11.7 Å². The van der Waals surface area contributed by atoms with Crippen LogP contribution in [0.3, 0.4) is 0 Å². The molecule has 0 fully saturated rings. The summed E-state index contributed by atoms with van der Waals surface area (Å²) in [6, 6.07) is 14.3. The Morgan fingerprint density at radius 1 is 1.21 bits per heavy atom. The maximum Gasteiger partial charge on any atom is 0.124 e. The van der Waals surface area contributed by atoms with Crippen molar-refractivity contribution in [3.63, 3.8) is 0 Å². The fourth-order valence-corrected chi connectivity index (χ4v) is 1.94. The van der Waals surface area contributed by atoms with Crippen molar-refractivity contribution in [2.24, 2.45) is 5.73 Å². The molecule has 0 aliphatic rings. The van der Waals surface area contributed by atoms with E-state index >= 15 is 0 Å². The number of rotatable bonds is 4. The van der Waals surface area contributed by atoms with Crippen LogP contribution in [-0.4, -0.2) is 12.9 Å². The highest BCUT2D eigenvalue weighted by atomic mass is 19.1. The monoisotopic (exact) mass is 257 g/mol. The van der Waals surface area contributed by atoms with E-state index < -0.39 is 0 Å². The number of hydrogen-bond acceptors (Lipinski definition) is 2. The molecule has 0 radical (unpaired) electrons. The molecule has 0 heterocycles. The van der Waals surface area contributed by atoms with Crippen LogP contribution in [0, 0.1) is 11.2 Å². The highest BCUT2D eigenvalue weighted by molar-refractivity contribution is 5.95. The molecule has 98 valence electrons. The van der Waals surface area contributed by atoms with Crippen LogP contribution in [0.15, 0.2) is 48.5 Å². The third kappa shape index (κ3) is 3.31. The number of nitrogen functional groups attached to an aromatic ring is 1. The van der Waals surface area contributed by atoms with Crippen molar-refractivity contribution < 1.29 is 4.39 Å². The van der Waals surface area contributed by atoms with Crippen LogP contribution in [0.2, 0.25) is 0 Å². The maximum absolute atomic E-state index is 13.5. The molecular formula is C15H16FN3. The van der Waals surface area contributed by atoms with E-state index in [0.29, 0.717) is 12.1 Å². The fraction of sp³-hybridized carbons (Fsp3) is 0.133. The zero-order valence-corrected chi connectivity index (χ0v) is 10.7. The van der Waals surface area contributed by atoms with Gasteiger partial charge < -0.3 is 10.6 Å². The number of nitrogens with two attached hydrogens (primary N) is 1. The van der Waals surface area contributed by atoms with Crippen LogP contribution in [0.1, 0.15) is 11.1 Å². The normalized spacial score (nSPS) is 10.2. The van der Waals surface area contributed by atoms with Crippen LogP contribution in [0.25, 0.3) is 0 Å². The number of nitrogens with one attached hydrogen (secondary N) is 1. The summed E-state index contributed by atoms with van der Waals surface area (Å²) in [5.74, 6) is -0.493. The molecule has 3 nitrogen and oxygen atoms in total. The summed E-state index contributed by atoms with van der Waals surface area (Å²) in [6.45, 7) is 0.558. The van der Waals surface area contributed by atoms with Gasteiger partial charge in [0.05, 0.1) is 0 Å². The van der Waals surface area contributed by atoms with Crippen LogP contribution < -0.4 is 10.6 Å². The van der Waals surface area contributed by atoms with Crippen molar-refractivity contribution in [1.82, 2.24) is 0 Å². The number of nitrogens with zero attached hydrogens (tertiary/aromatic N) is 1. The lowest BCUT2D eigenvalue weighted by atomic mass is 10.1. The van der Waals surface area contributed by atoms with Crippen molar-refractivity contribution >= 4 is 11.5 Å². The summed E-state index contributed by atoms with van der Waals surface area (Å²) < 4.78 is 13.5. The van der Waals surface area contributed by atoms with Crippen LogP contribution in [0.4, 0.5) is 10.1 Å². The number of anilines is 1. The molecule has 3 N–H and O–H groups in total. The summed E-state index contributed by atoms with van der Waals surface area (Å²) >= 11 is 0. The molecule has 4 heteroatoms. The van der Waals surface area contributed by atoms with E-state index in [4.69, 9.17) is 11.1 Å². The molecule has 0 amide bonds. The van der Waals surface area contributed by atoms with Gasteiger partial charge in [-0.25, -0.2) is 4.39 Å². The van der Waals surface area contributed by atoms with E-state index in [1.165, 1.54) is 12.1 Å². The smallest absolute Gasteiger partial charge is 0.124 e. The molecule has 0 aliphatic heterocycles. The van der Waals surface area contributed by atoms with Gasteiger partial charge in [0.25, 0.3) is 0 Å². The third-order valence-electron chi connectivity index (χ3n) is 2.89. The third-order valence-corrected chi connectivity index (χ3v) is 2.89. The summed E-state index contributed by atoms with van der Waals surface area (Å²) in [7, 11) is 1.94. The van der Waals surface area contributed by atoms with Gasteiger partial charge >= 0.3 is 0 Å². The molecular weight excluding hydrogens is 241 g/mol. The summed E-state index contributed by atoms with van der Waals surface area (Å²) in [6.07, 6.45) is 0. The Kier molecular flexibility index (Phi) is 3.80. The van der Waals surface area contributed by atoms with Crippen LogP contribution >= 0.6 is 0 Å². The predicted molar refractivity (Wildman–Crippen MR) is 76.0 cm³/mol. The Morgan fingerprint density at radius 3 is 2.53 bits per heavy atom. The molecule has 0 bridgehead atoms. The molecule has 0 unspecified atom stereocenters. The van der Waals surface area contributed by atoms with Crippen LogP contribution in [0.5, 0.6) is 0 Å². The lowest BCUT2D eigenvalue weighted by molar-refractivity contribution is 0.624. The van der Waals surface area contributed by atoms with Gasteiger partial charge in [0, 0.05) is 24.8 Å². The van der Waals surface area contributed by atoms with Crippen molar-refractivity contribution in [1.29, 1.82) is 5.41 Å². The Morgan fingerprint density at radius 2 is 1.89 bits per heavy atom. The topological polar surface area (TPSA) is 53.1 Å². The van der Waals surface area contributed by atoms with Gasteiger partial charge in [0.15, 0.2) is 0 Å². The standard InChI is InChI=1S/C15H16FN3/c1-19(14-5-3-2-4-6-14)10-11-7-12(15(17)18)9-13(16)8-11/h2-9H,10H2,1H3,(H3,17,18). The molecule has 0 spiro atoms. The van der Waals surface area contributed by atoms with Gasteiger partial charge in [0.1, 0.15) is 11.7 Å². The second kappa shape index (κ2) is 5.52. The number of benzene rings is 2. The Hall–Kier alpha value is -2.36. The van der Waals surface area contributed by atoms with Crippen molar-refractivity contribution in [3.8, 4) is 0 Å². The molecule has 0 atom stereocenters. The number of amidine groups is 1. The fourth-order valence-electron chi connectivity index (χ4n) is 1.94. The van der Waals surface area contributed by atoms with Gasteiger partial charge in [0.2, 0.25) is 0 Å². The predicted octanol–water partition coefficient (Wildman–Crippen LogP) is 2.75. The highest BCUT2D eigenvalue weighted by Crippen LogP contribution is 2.16. The van der Waals surface area contributed by atoms with Gasteiger partial charge in [-0.15, -0.1) is 0 Å². The summed E-state index contributed by atoms with van der Waals surface area (Å²) in [5.41, 5.74) is 7.65. The highest BCUT2D eigenvalue weighted by Gasteiger charge is 2.06. The molecule has 2 rings (SSSR count). The minimum atomic E-state index is -0.371. The van der Waals surface area contributed by atoms with E-state index in [0.717, 1.165) is 11.3 Å². The molecule has 0 saturated heterocycles. The Labute approximate surface area is 112 Å². The largest absolute Gasteiger partial charge is 0.384 e. The average Bonchev–Trinajstić information content (AvgIpc) is 2.39. The Balaban J connectivity index is 2.21. The van der Waals surface area contributed by atoms with Gasteiger partial charge in [-0.1, -0.05) is 18.2 Å². The summed E-state index contributed by atoms with van der Waals surface area (Å²) in [5, 5.41) is 7.37. The second-order valence-electron chi connectivity index (χ2n) is 4.45. The lowest BCUT2D eigenvalue weighted by Crippen LogP contribution is -2.17. The van der Waals surface area contributed by atoms with Crippen molar-refractivity contribution in [2.45, 2.75) is 6.54 Å². The van der Waals surface area contributed by atoms with Crippen molar-refractivity contribution in [3.05, 3.63) is 65.5 Å². The maximum atomic E-state index is 13.5. The summed E-state index contributed by atoms with van der Waals surface area (Å²) in [4.78, 5) is 2.01.